The highest BCUT2D eigenvalue weighted by Crippen LogP contribution is 2.19. The second-order valence-corrected chi connectivity index (χ2v) is 6.80. The van der Waals surface area contributed by atoms with E-state index in [-0.39, 0.29) is 17.5 Å². The van der Waals surface area contributed by atoms with Crippen molar-refractivity contribution in [1.29, 1.82) is 0 Å². The molecule has 6 nitrogen and oxygen atoms in total. The molecule has 0 aliphatic rings. The van der Waals surface area contributed by atoms with Crippen LogP contribution in [0.4, 0.5) is 10.1 Å². The molecule has 150 valence electrons. The number of aryl methyl sites for hydroxylation is 2. The predicted octanol–water partition coefficient (Wildman–Crippen LogP) is 3.78. The van der Waals surface area contributed by atoms with E-state index in [0.717, 1.165) is 11.1 Å². The molecule has 0 fully saturated rings. The van der Waals surface area contributed by atoms with Crippen molar-refractivity contribution in [1.82, 2.24) is 9.78 Å². The number of methoxy groups -OCH3 is 1. The molecule has 0 radical (unpaired) electrons. The van der Waals surface area contributed by atoms with Crippen LogP contribution < -0.4 is 5.56 Å². The lowest BCUT2D eigenvalue weighted by Crippen LogP contribution is -2.20. The van der Waals surface area contributed by atoms with Gasteiger partial charge in [-0.05, 0) is 68.3 Å². The number of rotatable bonds is 5. The van der Waals surface area contributed by atoms with E-state index in [1.165, 1.54) is 36.1 Å². The number of aromatic nitrogens is 2. The first-order chi connectivity index (χ1) is 13.8. The van der Waals surface area contributed by atoms with Gasteiger partial charge in [-0.15, -0.1) is 0 Å². The Morgan fingerprint density at radius 2 is 1.83 bits per heavy atom. The highest BCUT2D eigenvalue weighted by atomic mass is 19.1. The number of carbonyl (C=O) groups is 1. The van der Waals surface area contributed by atoms with Gasteiger partial charge in [-0.1, -0.05) is 6.07 Å². The fourth-order valence-electron chi connectivity index (χ4n) is 3.02. The Kier molecular flexibility index (Phi) is 5.77. The number of aliphatic imine (C=N–C) groups is 1. The number of ether oxygens (including phenoxy) is 1. The zero-order chi connectivity index (χ0) is 21.1. The summed E-state index contributed by atoms with van der Waals surface area (Å²) in [6.07, 6.45) is -0.116. The molecular weight excluding hydrogens is 373 g/mol. The molecule has 7 heteroatoms. The van der Waals surface area contributed by atoms with Crippen LogP contribution >= 0.6 is 0 Å². The van der Waals surface area contributed by atoms with Crippen LogP contribution in [0.3, 0.4) is 0 Å². The molecule has 0 aliphatic carbocycles. The Balaban J connectivity index is 2.13. The summed E-state index contributed by atoms with van der Waals surface area (Å²) in [4.78, 5) is 29.5. The van der Waals surface area contributed by atoms with Crippen molar-refractivity contribution in [3.05, 3.63) is 81.0 Å². The third-order valence-corrected chi connectivity index (χ3v) is 4.75. The summed E-state index contributed by atoms with van der Waals surface area (Å²) in [6, 6.07) is 11.3. The zero-order valence-corrected chi connectivity index (χ0v) is 16.7. The maximum Gasteiger partial charge on any atom is 0.311 e. The number of halogens is 1. The molecule has 0 atom stereocenters. The summed E-state index contributed by atoms with van der Waals surface area (Å²) in [5.74, 6) is -0.895. The van der Waals surface area contributed by atoms with Crippen LogP contribution in [0.5, 0.6) is 0 Å². The van der Waals surface area contributed by atoms with E-state index in [4.69, 9.17) is 4.74 Å². The van der Waals surface area contributed by atoms with Crippen LogP contribution in [0.1, 0.15) is 29.3 Å². The molecule has 0 spiro atoms. The zero-order valence-electron chi connectivity index (χ0n) is 16.7. The largest absolute Gasteiger partial charge is 0.469 e. The smallest absolute Gasteiger partial charge is 0.311 e. The maximum atomic E-state index is 13.3. The molecule has 2 aromatic carbocycles. The van der Waals surface area contributed by atoms with Gasteiger partial charge in [-0.25, -0.2) is 9.07 Å². The minimum Gasteiger partial charge on any atom is -0.469 e. The number of aromatic amines is 1. The number of H-pyrrole nitrogens is 1. The van der Waals surface area contributed by atoms with E-state index in [0.29, 0.717) is 22.8 Å². The molecule has 1 N–H and O–H groups in total. The van der Waals surface area contributed by atoms with Crippen LogP contribution in [0.15, 0.2) is 52.3 Å². The minimum atomic E-state index is -0.488. The fourth-order valence-corrected chi connectivity index (χ4v) is 3.02. The second-order valence-electron chi connectivity index (χ2n) is 6.80. The van der Waals surface area contributed by atoms with Gasteiger partial charge in [0.15, 0.2) is 0 Å². The Labute approximate surface area is 167 Å². The van der Waals surface area contributed by atoms with E-state index in [1.54, 1.807) is 6.92 Å². The molecule has 0 bridgehead atoms. The lowest BCUT2D eigenvalue weighted by molar-refractivity contribution is -0.139. The first kappa shape index (κ1) is 20.3. The van der Waals surface area contributed by atoms with Gasteiger partial charge in [-0.2, -0.15) is 0 Å². The molecule has 1 heterocycles. The van der Waals surface area contributed by atoms with E-state index < -0.39 is 11.8 Å². The highest BCUT2D eigenvalue weighted by molar-refractivity contribution is 6.01. The molecule has 0 saturated heterocycles. The maximum absolute atomic E-state index is 13.3. The van der Waals surface area contributed by atoms with Crippen LogP contribution in [0.25, 0.3) is 5.69 Å². The summed E-state index contributed by atoms with van der Waals surface area (Å²) >= 11 is 0. The summed E-state index contributed by atoms with van der Waals surface area (Å²) in [6.45, 7) is 5.72. The quantitative estimate of drug-likeness (QED) is 0.528. The number of esters is 1. The van der Waals surface area contributed by atoms with Gasteiger partial charge in [0, 0.05) is 0 Å². The molecule has 1 aromatic heterocycles. The van der Waals surface area contributed by atoms with Gasteiger partial charge in [0.2, 0.25) is 0 Å². The van der Waals surface area contributed by atoms with E-state index in [9.17, 15) is 14.0 Å². The number of benzene rings is 2. The summed E-state index contributed by atoms with van der Waals surface area (Å²) in [5.41, 5.74) is 4.17. The lowest BCUT2D eigenvalue weighted by Gasteiger charge is -2.04. The number of nitrogens with one attached hydrogen (secondary N) is 1. The van der Waals surface area contributed by atoms with Gasteiger partial charge in [0.1, 0.15) is 5.82 Å². The normalized spacial score (nSPS) is 11.6. The Bertz CT molecular complexity index is 1140. The standard InChI is InChI=1S/C22H22FN3O3/c1-13-5-8-17(11-14(13)2)24-15(3)21-19(12-20(27)29-4)25-26(22(21)28)18-9-6-16(23)7-10-18/h5-11,25H,12H2,1-4H3. The first-order valence-electron chi connectivity index (χ1n) is 9.09. The molecule has 0 aliphatic heterocycles. The molecule has 29 heavy (non-hydrogen) atoms. The van der Waals surface area contributed by atoms with Gasteiger partial charge >= 0.3 is 5.97 Å². The monoisotopic (exact) mass is 395 g/mol. The minimum absolute atomic E-state index is 0.116. The summed E-state index contributed by atoms with van der Waals surface area (Å²) in [5, 5.41) is 2.94. The molecule has 0 amide bonds. The van der Waals surface area contributed by atoms with Crippen LogP contribution in [0, 0.1) is 19.7 Å². The van der Waals surface area contributed by atoms with E-state index in [1.807, 2.05) is 32.0 Å². The average molecular weight is 395 g/mol. The number of hydrogen-bond donors (Lipinski definition) is 1. The third kappa shape index (κ3) is 4.34. The van der Waals surface area contributed by atoms with Gasteiger partial charge in [0.25, 0.3) is 5.56 Å². The molecule has 3 rings (SSSR count). The van der Waals surface area contributed by atoms with Crippen molar-refractivity contribution in [3.8, 4) is 5.69 Å². The number of carbonyl (C=O) groups excluding carboxylic acids is 1. The highest BCUT2D eigenvalue weighted by Gasteiger charge is 2.20. The molecule has 0 unspecified atom stereocenters. The fraction of sp³-hybridized carbons (Fsp3) is 0.227. The van der Waals surface area contributed by atoms with Crippen molar-refractivity contribution >= 4 is 17.4 Å². The van der Waals surface area contributed by atoms with Gasteiger partial charge in [-0.3, -0.25) is 19.7 Å². The van der Waals surface area contributed by atoms with E-state index >= 15 is 0 Å². The van der Waals surface area contributed by atoms with Crippen molar-refractivity contribution in [3.63, 3.8) is 0 Å². The Morgan fingerprint density at radius 1 is 1.14 bits per heavy atom. The summed E-state index contributed by atoms with van der Waals surface area (Å²) in [7, 11) is 1.28. The Hall–Kier alpha value is -3.48. The number of nitrogens with zero attached hydrogens (tertiary/aromatic N) is 2. The van der Waals surface area contributed by atoms with Gasteiger partial charge < -0.3 is 4.74 Å². The topological polar surface area (TPSA) is 76.5 Å². The van der Waals surface area contributed by atoms with Gasteiger partial charge in [0.05, 0.1) is 41.9 Å². The van der Waals surface area contributed by atoms with Crippen molar-refractivity contribution < 1.29 is 13.9 Å². The SMILES string of the molecule is COC(=O)Cc1[nH]n(-c2ccc(F)cc2)c(=O)c1C(C)=Nc1ccc(C)c(C)c1. The molecule has 3 aromatic rings. The molecule has 0 saturated carbocycles. The van der Waals surface area contributed by atoms with Crippen molar-refractivity contribution in [2.45, 2.75) is 27.2 Å². The lowest BCUT2D eigenvalue weighted by atomic mass is 10.1. The summed E-state index contributed by atoms with van der Waals surface area (Å²) < 4.78 is 19.3. The van der Waals surface area contributed by atoms with Crippen molar-refractivity contribution in [2.24, 2.45) is 4.99 Å². The molecular formula is C22H22FN3O3. The second kappa shape index (κ2) is 8.26. The predicted molar refractivity (Wildman–Crippen MR) is 110 cm³/mol. The Morgan fingerprint density at radius 3 is 2.45 bits per heavy atom. The van der Waals surface area contributed by atoms with Crippen molar-refractivity contribution in [2.75, 3.05) is 7.11 Å². The van der Waals surface area contributed by atoms with E-state index in [2.05, 4.69) is 10.1 Å². The average Bonchev–Trinajstić information content (AvgIpc) is 3.01. The number of hydrogen-bond acceptors (Lipinski definition) is 4. The first-order valence-corrected chi connectivity index (χ1v) is 9.09. The van der Waals surface area contributed by atoms with Crippen LogP contribution in [0.2, 0.25) is 0 Å². The van der Waals surface area contributed by atoms with Crippen LogP contribution in [-0.4, -0.2) is 28.6 Å². The third-order valence-electron chi connectivity index (χ3n) is 4.75. The van der Waals surface area contributed by atoms with Crippen LogP contribution in [-0.2, 0) is 16.0 Å².